The number of hydrogen-bond donors (Lipinski definition) is 2. The molecule has 0 bridgehead atoms. The second-order valence-corrected chi connectivity index (χ2v) is 3.70. The minimum atomic E-state index is 0.100. The minimum absolute atomic E-state index is 0.100. The summed E-state index contributed by atoms with van der Waals surface area (Å²) >= 11 is 0. The SMILES string of the molecule is CCCOc1c(C)cc(C(=N)N)cc1C. The van der Waals surface area contributed by atoms with Crippen LogP contribution in [0.15, 0.2) is 12.1 Å². The van der Waals surface area contributed by atoms with Crippen LogP contribution < -0.4 is 10.5 Å². The topological polar surface area (TPSA) is 59.1 Å². The van der Waals surface area contributed by atoms with Crippen molar-refractivity contribution in [2.45, 2.75) is 27.2 Å². The van der Waals surface area contributed by atoms with E-state index in [0.29, 0.717) is 0 Å². The van der Waals surface area contributed by atoms with Crippen LogP contribution >= 0.6 is 0 Å². The van der Waals surface area contributed by atoms with Crippen molar-refractivity contribution in [3.8, 4) is 5.75 Å². The molecule has 3 nitrogen and oxygen atoms in total. The van der Waals surface area contributed by atoms with Gasteiger partial charge in [-0.1, -0.05) is 6.92 Å². The molecule has 0 heterocycles. The molecule has 0 radical (unpaired) electrons. The number of hydrogen-bond acceptors (Lipinski definition) is 2. The van der Waals surface area contributed by atoms with Gasteiger partial charge in [-0.25, -0.2) is 0 Å². The molecule has 0 aliphatic rings. The molecule has 0 fully saturated rings. The lowest BCUT2D eigenvalue weighted by Crippen LogP contribution is -2.12. The highest BCUT2D eigenvalue weighted by molar-refractivity contribution is 5.95. The Bertz CT molecular complexity index is 349. The molecule has 0 spiro atoms. The van der Waals surface area contributed by atoms with E-state index in [1.807, 2.05) is 26.0 Å². The predicted octanol–water partition coefficient (Wildman–Crippen LogP) is 2.38. The summed E-state index contributed by atoms with van der Waals surface area (Å²) in [5.41, 5.74) is 8.27. The highest BCUT2D eigenvalue weighted by Crippen LogP contribution is 2.24. The van der Waals surface area contributed by atoms with Crippen LogP contribution in [0.2, 0.25) is 0 Å². The van der Waals surface area contributed by atoms with Crippen LogP contribution in [-0.2, 0) is 0 Å². The number of amidine groups is 1. The molecule has 0 saturated heterocycles. The second kappa shape index (κ2) is 4.82. The van der Waals surface area contributed by atoms with Crippen molar-refractivity contribution < 1.29 is 4.74 Å². The number of nitrogen functional groups attached to an aromatic ring is 1. The van der Waals surface area contributed by atoms with Crippen LogP contribution in [0.5, 0.6) is 5.75 Å². The fraction of sp³-hybridized carbons (Fsp3) is 0.417. The molecule has 0 atom stereocenters. The maximum atomic E-state index is 7.37. The zero-order valence-electron chi connectivity index (χ0n) is 9.55. The first kappa shape index (κ1) is 11.6. The fourth-order valence-electron chi connectivity index (χ4n) is 1.54. The molecule has 1 aromatic carbocycles. The summed E-state index contributed by atoms with van der Waals surface area (Å²) in [6.45, 7) is 6.75. The Hall–Kier alpha value is -1.51. The number of nitrogens with one attached hydrogen (secondary N) is 1. The van der Waals surface area contributed by atoms with Gasteiger partial charge in [0.1, 0.15) is 11.6 Å². The highest BCUT2D eigenvalue weighted by Gasteiger charge is 2.07. The van der Waals surface area contributed by atoms with Crippen LogP contribution in [0.1, 0.15) is 30.0 Å². The van der Waals surface area contributed by atoms with Crippen molar-refractivity contribution in [2.75, 3.05) is 6.61 Å². The summed E-state index contributed by atoms with van der Waals surface area (Å²) in [4.78, 5) is 0. The Labute approximate surface area is 90.8 Å². The molecule has 1 aromatic rings. The maximum absolute atomic E-state index is 7.37. The molecule has 3 N–H and O–H groups in total. The summed E-state index contributed by atoms with van der Waals surface area (Å²) in [7, 11) is 0. The third-order valence-corrected chi connectivity index (χ3v) is 2.22. The smallest absolute Gasteiger partial charge is 0.125 e. The van der Waals surface area contributed by atoms with E-state index in [0.717, 1.165) is 35.5 Å². The molecular weight excluding hydrogens is 188 g/mol. The van der Waals surface area contributed by atoms with E-state index in [1.165, 1.54) is 0 Å². The lowest BCUT2D eigenvalue weighted by Gasteiger charge is -2.13. The number of nitrogens with two attached hydrogens (primary N) is 1. The maximum Gasteiger partial charge on any atom is 0.125 e. The van der Waals surface area contributed by atoms with Crippen molar-refractivity contribution >= 4 is 5.84 Å². The summed E-state index contributed by atoms with van der Waals surface area (Å²) in [5, 5.41) is 7.37. The summed E-state index contributed by atoms with van der Waals surface area (Å²) in [6, 6.07) is 3.78. The molecular formula is C12H18N2O. The van der Waals surface area contributed by atoms with Crippen molar-refractivity contribution in [2.24, 2.45) is 5.73 Å². The largest absolute Gasteiger partial charge is 0.493 e. The van der Waals surface area contributed by atoms with Gasteiger partial charge in [0, 0.05) is 5.56 Å². The van der Waals surface area contributed by atoms with E-state index in [9.17, 15) is 0 Å². The Morgan fingerprint density at radius 1 is 1.33 bits per heavy atom. The molecule has 15 heavy (non-hydrogen) atoms. The van der Waals surface area contributed by atoms with Gasteiger partial charge < -0.3 is 10.5 Å². The first-order chi connectivity index (χ1) is 7.06. The van der Waals surface area contributed by atoms with Gasteiger partial charge in [-0.15, -0.1) is 0 Å². The second-order valence-electron chi connectivity index (χ2n) is 3.70. The summed E-state index contributed by atoms with van der Waals surface area (Å²) in [6.07, 6.45) is 0.993. The fourth-order valence-corrected chi connectivity index (χ4v) is 1.54. The monoisotopic (exact) mass is 206 g/mol. The number of benzene rings is 1. The van der Waals surface area contributed by atoms with Crippen LogP contribution in [0.4, 0.5) is 0 Å². The molecule has 1 rings (SSSR count). The molecule has 3 heteroatoms. The van der Waals surface area contributed by atoms with Crippen LogP contribution in [0.3, 0.4) is 0 Å². The van der Waals surface area contributed by atoms with Gasteiger partial charge in [0.05, 0.1) is 6.61 Å². The Morgan fingerprint density at radius 3 is 2.27 bits per heavy atom. The van der Waals surface area contributed by atoms with E-state index < -0.39 is 0 Å². The average molecular weight is 206 g/mol. The summed E-state index contributed by atoms with van der Waals surface area (Å²) in [5.74, 6) is 1.02. The normalized spacial score (nSPS) is 10.1. The van der Waals surface area contributed by atoms with Gasteiger partial charge in [0.2, 0.25) is 0 Å². The Balaban J connectivity index is 3.04. The number of aryl methyl sites for hydroxylation is 2. The molecule has 0 unspecified atom stereocenters. The first-order valence-corrected chi connectivity index (χ1v) is 5.14. The van der Waals surface area contributed by atoms with Crippen LogP contribution in [0, 0.1) is 19.3 Å². The van der Waals surface area contributed by atoms with Gasteiger partial charge >= 0.3 is 0 Å². The van der Waals surface area contributed by atoms with E-state index in [1.54, 1.807) is 0 Å². The Morgan fingerprint density at radius 2 is 1.87 bits per heavy atom. The van der Waals surface area contributed by atoms with E-state index in [-0.39, 0.29) is 5.84 Å². The molecule has 0 aliphatic carbocycles. The van der Waals surface area contributed by atoms with E-state index in [4.69, 9.17) is 15.9 Å². The highest BCUT2D eigenvalue weighted by atomic mass is 16.5. The van der Waals surface area contributed by atoms with Gasteiger partial charge in [0.25, 0.3) is 0 Å². The van der Waals surface area contributed by atoms with Crippen molar-refractivity contribution in [1.29, 1.82) is 5.41 Å². The standard InChI is InChI=1S/C12H18N2O/c1-4-5-15-11-8(2)6-10(12(13)14)7-9(11)3/h6-7H,4-5H2,1-3H3,(H3,13,14). The number of rotatable bonds is 4. The van der Waals surface area contributed by atoms with Crippen molar-refractivity contribution in [3.05, 3.63) is 28.8 Å². The van der Waals surface area contributed by atoms with Crippen LogP contribution in [-0.4, -0.2) is 12.4 Å². The predicted molar refractivity (Wildman–Crippen MR) is 62.7 cm³/mol. The Kier molecular flexibility index (Phi) is 3.72. The zero-order chi connectivity index (χ0) is 11.4. The third kappa shape index (κ3) is 2.72. The molecule has 0 aliphatic heterocycles. The molecule has 82 valence electrons. The van der Waals surface area contributed by atoms with Gasteiger partial charge in [-0.05, 0) is 43.5 Å². The van der Waals surface area contributed by atoms with Crippen molar-refractivity contribution in [3.63, 3.8) is 0 Å². The van der Waals surface area contributed by atoms with E-state index in [2.05, 4.69) is 6.92 Å². The summed E-state index contributed by atoms with van der Waals surface area (Å²) < 4.78 is 5.64. The lowest BCUT2D eigenvalue weighted by atomic mass is 10.1. The zero-order valence-corrected chi connectivity index (χ0v) is 9.55. The van der Waals surface area contributed by atoms with Gasteiger partial charge in [0.15, 0.2) is 0 Å². The minimum Gasteiger partial charge on any atom is -0.493 e. The molecule has 0 aromatic heterocycles. The average Bonchev–Trinajstić information content (AvgIpc) is 2.16. The first-order valence-electron chi connectivity index (χ1n) is 5.14. The van der Waals surface area contributed by atoms with Crippen LogP contribution in [0.25, 0.3) is 0 Å². The lowest BCUT2D eigenvalue weighted by molar-refractivity contribution is 0.313. The molecule has 0 saturated carbocycles. The quantitative estimate of drug-likeness (QED) is 0.587. The van der Waals surface area contributed by atoms with Crippen molar-refractivity contribution in [1.82, 2.24) is 0 Å². The molecule has 0 amide bonds. The third-order valence-electron chi connectivity index (χ3n) is 2.22. The van der Waals surface area contributed by atoms with E-state index >= 15 is 0 Å². The van der Waals surface area contributed by atoms with Gasteiger partial charge in [-0.3, -0.25) is 5.41 Å². The van der Waals surface area contributed by atoms with Gasteiger partial charge in [-0.2, -0.15) is 0 Å². The number of ether oxygens (including phenoxy) is 1.